The number of allylic oxidation sites excluding steroid dienone is 1. The SMILES string of the molecule is COc1ccc2c(O[C@@H]3C[C@H]4C(=O)N[C@]5(C(=O)NNC(=O)c6cccs6)C[C@H]5/C=C\CCCC[C@H](NS(=O)(=O)c5cccs5)C(=O)N4C3)cc(-c3csc(NC(C)C)n3)nc2c1. The van der Waals surface area contributed by atoms with Crippen molar-refractivity contribution in [3.8, 4) is 22.9 Å². The number of rotatable bonds is 11. The first kappa shape index (κ1) is 43.2. The fourth-order valence-corrected chi connectivity index (χ4v) is 11.4. The predicted molar refractivity (Wildman–Crippen MR) is 238 cm³/mol. The van der Waals surface area contributed by atoms with E-state index in [1.807, 2.05) is 37.4 Å². The summed E-state index contributed by atoms with van der Waals surface area (Å²) >= 11 is 3.70. The molecular formula is C42H46N8O8S4. The van der Waals surface area contributed by atoms with Crippen molar-refractivity contribution in [1.82, 2.24) is 35.8 Å². The second kappa shape index (κ2) is 18.1. The van der Waals surface area contributed by atoms with E-state index in [0.29, 0.717) is 57.9 Å². The largest absolute Gasteiger partial charge is 0.497 e. The Balaban J connectivity index is 1.12. The maximum atomic E-state index is 14.8. The van der Waals surface area contributed by atoms with Crippen LogP contribution < -0.4 is 35.7 Å². The number of hydrazine groups is 1. The van der Waals surface area contributed by atoms with Gasteiger partial charge in [-0.2, -0.15) is 4.72 Å². The number of amides is 4. The van der Waals surface area contributed by atoms with Gasteiger partial charge in [0.25, 0.3) is 21.8 Å². The fourth-order valence-electron chi connectivity index (χ4n) is 7.74. The highest BCUT2D eigenvalue weighted by Crippen LogP contribution is 2.46. The van der Waals surface area contributed by atoms with Gasteiger partial charge in [-0.05, 0) is 74.6 Å². The van der Waals surface area contributed by atoms with E-state index in [9.17, 15) is 27.6 Å². The summed E-state index contributed by atoms with van der Waals surface area (Å²) in [5.41, 5.74) is 5.27. The van der Waals surface area contributed by atoms with E-state index in [4.69, 9.17) is 19.4 Å². The molecule has 2 aliphatic heterocycles. The number of ether oxygens (including phenoxy) is 2. The van der Waals surface area contributed by atoms with Gasteiger partial charge in [0.1, 0.15) is 45.1 Å². The highest BCUT2D eigenvalue weighted by Gasteiger charge is 2.61. The van der Waals surface area contributed by atoms with Crippen LogP contribution in [0.4, 0.5) is 5.13 Å². The minimum absolute atomic E-state index is 0.0176. The summed E-state index contributed by atoms with van der Waals surface area (Å²) in [5, 5.41) is 12.9. The first-order valence-corrected chi connectivity index (χ1v) is 24.3. The molecule has 62 heavy (non-hydrogen) atoms. The third-order valence-electron chi connectivity index (χ3n) is 10.9. The summed E-state index contributed by atoms with van der Waals surface area (Å²) in [4.78, 5) is 67.5. The van der Waals surface area contributed by atoms with Crippen molar-refractivity contribution in [2.45, 2.75) is 86.3 Å². The van der Waals surface area contributed by atoms with E-state index in [-0.39, 0.29) is 42.0 Å². The van der Waals surface area contributed by atoms with Gasteiger partial charge in [-0.3, -0.25) is 30.0 Å². The highest BCUT2D eigenvalue weighted by molar-refractivity contribution is 7.91. The Morgan fingerprint density at radius 2 is 1.82 bits per heavy atom. The number of thiazole rings is 1. The van der Waals surface area contributed by atoms with Crippen LogP contribution in [0, 0.1) is 5.92 Å². The fraction of sp³-hybridized carbons (Fsp3) is 0.381. The molecule has 326 valence electrons. The molecule has 0 unspecified atom stereocenters. The molecule has 3 aliphatic rings. The first-order chi connectivity index (χ1) is 29.8. The standard InChI is InChI=1S/C42H46N8O8S4/c1-24(2)43-41-45-32(23-61-41)31-20-34(28-15-14-26(57-3)18-30(28)44-31)58-27-19-33-37(51)46-42(40(54)48-47-38(52)35-12-8-16-59-35)21-25(42)10-6-4-5-7-11-29(39(53)50(33)22-27)49-62(55,56)36-13-9-17-60-36/h6,8-10,12-18,20,23-25,27,29,33,49H,4-5,7,11,19,21-22H2,1-3H3,(H,43,45)(H,46,51)(H,47,52)(H,48,54)/b10-6-/t25-,27-,29+,33+,42-/m1/s1. The van der Waals surface area contributed by atoms with Gasteiger partial charge < -0.3 is 25.0 Å². The summed E-state index contributed by atoms with van der Waals surface area (Å²) in [6.45, 7) is 3.98. The maximum absolute atomic E-state index is 14.8. The van der Waals surface area contributed by atoms with Crippen LogP contribution in [0.5, 0.6) is 11.5 Å². The van der Waals surface area contributed by atoms with Gasteiger partial charge in [-0.25, -0.2) is 18.4 Å². The van der Waals surface area contributed by atoms with Gasteiger partial charge >= 0.3 is 0 Å². The third-order valence-corrected chi connectivity index (χ3v) is 15.4. The predicted octanol–water partition coefficient (Wildman–Crippen LogP) is 5.47. The summed E-state index contributed by atoms with van der Waals surface area (Å²) in [5.74, 6) is -1.67. The van der Waals surface area contributed by atoms with Crippen LogP contribution in [-0.4, -0.2) is 90.3 Å². The molecule has 0 bridgehead atoms. The number of carbonyl (C=O) groups excluding carboxylic acids is 4. The van der Waals surface area contributed by atoms with E-state index in [1.54, 1.807) is 54.3 Å². The molecule has 5 atom stereocenters. The van der Waals surface area contributed by atoms with Gasteiger partial charge in [0.05, 0.1) is 29.7 Å². The molecule has 6 heterocycles. The summed E-state index contributed by atoms with van der Waals surface area (Å²) in [7, 11) is -2.52. The Morgan fingerprint density at radius 1 is 1.00 bits per heavy atom. The molecule has 1 aliphatic carbocycles. The van der Waals surface area contributed by atoms with Gasteiger partial charge in [0.15, 0.2) is 5.13 Å². The average molecular weight is 919 g/mol. The van der Waals surface area contributed by atoms with Crippen molar-refractivity contribution in [1.29, 1.82) is 0 Å². The zero-order valence-corrected chi connectivity index (χ0v) is 37.3. The quantitative estimate of drug-likeness (QED) is 0.0829. The zero-order valence-electron chi connectivity index (χ0n) is 34.1. The Kier molecular flexibility index (Phi) is 12.6. The molecule has 1 aromatic carbocycles. The van der Waals surface area contributed by atoms with Crippen molar-refractivity contribution < 1.29 is 37.1 Å². The van der Waals surface area contributed by atoms with Gasteiger partial charge in [-0.15, -0.1) is 34.0 Å². The molecule has 0 radical (unpaired) electrons. The molecule has 20 heteroatoms. The molecule has 8 rings (SSSR count). The van der Waals surface area contributed by atoms with Crippen molar-refractivity contribution in [2.24, 2.45) is 5.92 Å². The number of hydrogen-bond acceptors (Lipinski definition) is 14. The topological polar surface area (TPSA) is 210 Å². The number of pyridine rings is 1. The van der Waals surface area contributed by atoms with Crippen LogP contribution in [-0.2, 0) is 24.4 Å². The molecule has 5 aromatic rings. The van der Waals surface area contributed by atoms with Crippen molar-refractivity contribution in [2.75, 3.05) is 19.0 Å². The third kappa shape index (κ3) is 9.34. The number of nitrogens with one attached hydrogen (secondary N) is 5. The molecule has 2 fully saturated rings. The normalized spacial score (nSPS) is 23.5. The molecule has 0 spiro atoms. The van der Waals surface area contributed by atoms with Crippen LogP contribution >= 0.6 is 34.0 Å². The lowest BCUT2D eigenvalue weighted by Gasteiger charge is -2.30. The number of hydrogen-bond donors (Lipinski definition) is 5. The number of carbonyl (C=O) groups is 4. The number of nitrogens with zero attached hydrogens (tertiary/aromatic N) is 3. The van der Waals surface area contributed by atoms with Crippen LogP contribution in [0.25, 0.3) is 22.3 Å². The van der Waals surface area contributed by atoms with E-state index in [1.165, 1.54) is 33.6 Å². The number of thiophene rings is 2. The van der Waals surface area contributed by atoms with Crippen LogP contribution in [0.1, 0.15) is 62.0 Å². The Morgan fingerprint density at radius 3 is 2.58 bits per heavy atom. The minimum atomic E-state index is -4.09. The van der Waals surface area contributed by atoms with Gasteiger partial charge in [0.2, 0.25) is 11.8 Å². The smallest absolute Gasteiger partial charge is 0.279 e. The Hall–Kier alpha value is -5.41. The Bertz CT molecular complexity index is 2600. The highest BCUT2D eigenvalue weighted by atomic mass is 32.2. The first-order valence-electron chi connectivity index (χ1n) is 20.2. The lowest BCUT2D eigenvalue weighted by molar-refractivity contribution is -0.141. The molecule has 5 N–H and O–H groups in total. The number of sulfonamides is 1. The van der Waals surface area contributed by atoms with Crippen LogP contribution in [0.2, 0.25) is 0 Å². The summed E-state index contributed by atoms with van der Waals surface area (Å²) < 4.78 is 42.1. The number of anilines is 1. The number of fused-ring (bicyclic) bond motifs is 3. The van der Waals surface area contributed by atoms with Crippen LogP contribution in [0.3, 0.4) is 0 Å². The van der Waals surface area contributed by atoms with E-state index in [2.05, 4.69) is 26.2 Å². The van der Waals surface area contributed by atoms with E-state index in [0.717, 1.165) is 16.5 Å². The number of methoxy groups -OCH3 is 1. The van der Waals surface area contributed by atoms with Crippen molar-refractivity contribution >= 4 is 83.7 Å². The monoisotopic (exact) mass is 918 g/mol. The molecular weight excluding hydrogens is 873 g/mol. The van der Waals surface area contributed by atoms with Gasteiger partial charge in [0, 0.05) is 41.3 Å². The molecule has 1 saturated heterocycles. The Labute approximate surface area is 370 Å². The maximum Gasteiger partial charge on any atom is 0.279 e. The number of aromatic nitrogens is 2. The van der Waals surface area contributed by atoms with E-state index < -0.39 is 57.4 Å². The van der Waals surface area contributed by atoms with Crippen molar-refractivity contribution in [3.63, 3.8) is 0 Å². The van der Waals surface area contributed by atoms with Gasteiger partial charge in [-0.1, -0.05) is 30.7 Å². The lowest BCUT2D eigenvalue weighted by Crippen LogP contribution is -2.59. The molecule has 4 amide bonds. The zero-order chi connectivity index (χ0) is 43.6. The summed E-state index contributed by atoms with van der Waals surface area (Å²) in [6, 6.07) is 11.4. The molecule has 1 saturated carbocycles. The number of benzene rings is 1. The summed E-state index contributed by atoms with van der Waals surface area (Å²) in [6.07, 6.45) is 5.28. The van der Waals surface area contributed by atoms with Crippen LogP contribution in [0.15, 0.2) is 81.0 Å². The average Bonchev–Trinajstić information content (AvgIpc) is 3.94. The second-order valence-electron chi connectivity index (χ2n) is 15.7. The minimum Gasteiger partial charge on any atom is -0.497 e. The second-order valence-corrected chi connectivity index (χ2v) is 20.4. The van der Waals surface area contributed by atoms with E-state index >= 15 is 0 Å². The molecule has 16 nitrogen and oxygen atoms in total. The lowest BCUT2D eigenvalue weighted by atomic mass is 10.0. The van der Waals surface area contributed by atoms with Crippen molar-refractivity contribution in [3.05, 3.63) is 81.7 Å². The molecule has 4 aromatic heterocycles.